The van der Waals surface area contributed by atoms with Crippen molar-refractivity contribution in [2.45, 2.75) is 247 Å². The summed E-state index contributed by atoms with van der Waals surface area (Å²) in [6.45, 7) is 1.09. The molecule has 3 saturated heterocycles. The zero-order valence-electron chi connectivity index (χ0n) is 41.0. The van der Waals surface area contributed by atoms with Gasteiger partial charge in [-0.15, -0.1) is 0 Å². The second kappa shape index (κ2) is 35.2. The van der Waals surface area contributed by atoms with E-state index in [1.54, 1.807) is 13.0 Å². The molecule has 0 saturated carbocycles. The minimum absolute atomic E-state index is 0.112. The highest BCUT2D eigenvalue weighted by molar-refractivity contribution is 5.75. The highest BCUT2D eigenvalue weighted by Gasteiger charge is 2.53. The Hall–Kier alpha value is -1.99. The molecular weight excluding hydrogens is 903 g/mol. The molecule has 1 amide bonds. The van der Waals surface area contributed by atoms with E-state index in [-0.39, 0.29) is 18.9 Å². The van der Waals surface area contributed by atoms with Gasteiger partial charge in [0.15, 0.2) is 18.9 Å². The largest absolute Gasteiger partial charge is 0.394 e. The fraction of sp³-hybridized carbons (Fsp3) is 0.860. The van der Waals surface area contributed by atoms with Crippen molar-refractivity contribution >= 4 is 5.91 Å². The maximum atomic E-state index is 12.4. The summed E-state index contributed by atoms with van der Waals surface area (Å²) in [5, 5.41) is 118. The number of aliphatic hydroxyl groups is 11. The third-order valence-corrected chi connectivity index (χ3v) is 13.0. The van der Waals surface area contributed by atoms with E-state index in [0.29, 0.717) is 6.42 Å². The van der Waals surface area contributed by atoms with Crippen molar-refractivity contribution in [3.05, 3.63) is 36.5 Å². The lowest BCUT2D eigenvalue weighted by Gasteiger charge is -2.48. The SMILES string of the molecule is CCCCCCCCCCCCCCCC/C=C/CC/C=C/CC/C=C/C(O)C(COC1OC(CO)C(OC2OC(CO)C(OC3OC(CO)C(O)C(O)C3O)C(O)C2O)C(O)C1O)NC(=O)CC. The number of carbonyl (C=O) groups excluding carboxylic acids is 1. The lowest BCUT2D eigenvalue weighted by Crippen LogP contribution is -2.66. The standard InChI is InChI=1S/C50H89NO18/c1-3-5-6-7-8-9-10-11-12-13-14-15-16-17-18-19-20-21-22-23-24-25-26-27-28-34(55)33(51-38(56)4-2)32-64-48-44(62)41(59)46(36(30-53)66-48)69-50-45(63)42(60)47(37(31-54)67-50)68-49-43(61)40(58)39(57)35(29-52)65-49/h19-20,23-24,27-28,33-37,39-50,52-55,57-63H,3-18,21-22,25-26,29-32H2,1-2H3,(H,51,56)/b20-19+,24-23+,28-27+. The van der Waals surface area contributed by atoms with E-state index in [4.69, 9.17) is 28.4 Å². The first kappa shape index (κ1) is 61.3. The van der Waals surface area contributed by atoms with E-state index in [2.05, 4.69) is 36.5 Å². The Labute approximate surface area is 409 Å². The quantitative estimate of drug-likeness (QED) is 0.0318. The molecule has 19 nitrogen and oxygen atoms in total. The van der Waals surface area contributed by atoms with Crippen molar-refractivity contribution in [3.8, 4) is 0 Å². The molecule has 3 heterocycles. The molecule has 12 N–H and O–H groups in total. The van der Waals surface area contributed by atoms with Crippen LogP contribution in [0, 0.1) is 0 Å². The van der Waals surface area contributed by atoms with Crippen molar-refractivity contribution in [1.29, 1.82) is 0 Å². The lowest BCUT2D eigenvalue weighted by atomic mass is 9.96. The molecule has 0 aromatic heterocycles. The molecule has 17 atom stereocenters. The van der Waals surface area contributed by atoms with Gasteiger partial charge in [0.2, 0.25) is 5.91 Å². The predicted octanol–water partition coefficient (Wildman–Crippen LogP) is 1.81. The Morgan fingerprint density at radius 1 is 0.507 bits per heavy atom. The van der Waals surface area contributed by atoms with Crippen LogP contribution < -0.4 is 5.32 Å². The smallest absolute Gasteiger partial charge is 0.220 e. The van der Waals surface area contributed by atoms with Crippen molar-refractivity contribution in [2.75, 3.05) is 26.4 Å². The van der Waals surface area contributed by atoms with Crippen molar-refractivity contribution in [1.82, 2.24) is 5.32 Å². The number of rotatable bonds is 35. The van der Waals surface area contributed by atoms with Crippen LogP contribution in [-0.2, 0) is 33.2 Å². The number of ether oxygens (including phenoxy) is 6. The summed E-state index contributed by atoms with van der Waals surface area (Å²) in [7, 11) is 0. The first-order chi connectivity index (χ1) is 33.3. The van der Waals surface area contributed by atoms with E-state index < -0.39 is 124 Å². The van der Waals surface area contributed by atoms with Crippen LogP contribution in [0.25, 0.3) is 0 Å². The third kappa shape index (κ3) is 21.2. The minimum Gasteiger partial charge on any atom is -0.394 e. The van der Waals surface area contributed by atoms with Crippen LogP contribution in [-0.4, -0.2) is 193 Å². The number of nitrogens with one attached hydrogen (secondary N) is 1. The first-order valence-corrected chi connectivity index (χ1v) is 25.7. The zero-order valence-corrected chi connectivity index (χ0v) is 41.0. The molecule has 0 spiro atoms. The number of hydrogen-bond donors (Lipinski definition) is 12. The average Bonchev–Trinajstić information content (AvgIpc) is 3.35. The van der Waals surface area contributed by atoms with E-state index >= 15 is 0 Å². The van der Waals surface area contributed by atoms with Gasteiger partial charge in [-0.1, -0.05) is 134 Å². The Morgan fingerprint density at radius 2 is 0.913 bits per heavy atom. The number of unbranched alkanes of at least 4 members (excludes halogenated alkanes) is 16. The van der Waals surface area contributed by atoms with E-state index in [1.807, 2.05) is 0 Å². The molecule has 0 radical (unpaired) electrons. The number of amides is 1. The van der Waals surface area contributed by atoms with Crippen molar-refractivity contribution in [3.63, 3.8) is 0 Å². The lowest BCUT2D eigenvalue weighted by molar-refractivity contribution is -0.379. The number of aliphatic hydroxyl groups excluding tert-OH is 11. The molecule has 0 aromatic rings. The molecular formula is C50H89NO18. The topological polar surface area (TPSA) is 307 Å². The van der Waals surface area contributed by atoms with Gasteiger partial charge in [-0.2, -0.15) is 0 Å². The Morgan fingerprint density at radius 3 is 1.39 bits per heavy atom. The monoisotopic (exact) mass is 992 g/mol. The van der Waals surface area contributed by atoms with Crippen LogP contribution >= 0.6 is 0 Å². The zero-order chi connectivity index (χ0) is 50.6. The number of hydrogen-bond acceptors (Lipinski definition) is 18. The molecule has 0 aliphatic carbocycles. The maximum absolute atomic E-state index is 12.4. The van der Waals surface area contributed by atoms with Gasteiger partial charge in [0, 0.05) is 6.42 Å². The normalized spacial score (nSPS) is 33.1. The van der Waals surface area contributed by atoms with Crippen LogP contribution in [0.15, 0.2) is 36.5 Å². The third-order valence-electron chi connectivity index (χ3n) is 13.0. The summed E-state index contributed by atoms with van der Waals surface area (Å²) in [6, 6.07) is -0.990. The average molecular weight is 992 g/mol. The number of carbonyl (C=O) groups is 1. The predicted molar refractivity (Wildman–Crippen MR) is 254 cm³/mol. The molecule has 69 heavy (non-hydrogen) atoms. The second-order valence-electron chi connectivity index (χ2n) is 18.6. The van der Waals surface area contributed by atoms with Gasteiger partial charge in [0.1, 0.15) is 73.2 Å². The first-order valence-electron chi connectivity index (χ1n) is 25.7. The van der Waals surface area contributed by atoms with Crippen LogP contribution in [0.3, 0.4) is 0 Å². The van der Waals surface area contributed by atoms with Gasteiger partial charge < -0.3 is 89.9 Å². The van der Waals surface area contributed by atoms with Crippen molar-refractivity contribution in [2.24, 2.45) is 0 Å². The molecule has 402 valence electrons. The highest BCUT2D eigenvalue weighted by Crippen LogP contribution is 2.33. The summed E-state index contributed by atoms with van der Waals surface area (Å²) >= 11 is 0. The molecule has 3 fully saturated rings. The Kier molecular flexibility index (Phi) is 31.3. The molecule has 17 unspecified atom stereocenters. The number of allylic oxidation sites excluding steroid dienone is 5. The van der Waals surface area contributed by atoms with Gasteiger partial charge >= 0.3 is 0 Å². The molecule has 3 aliphatic heterocycles. The molecule has 3 aliphatic rings. The Balaban J connectivity index is 1.38. The summed E-state index contributed by atoms with van der Waals surface area (Å²) in [5.74, 6) is -0.380. The maximum Gasteiger partial charge on any atom is 0.220 e. The van der Waals surface area contributed by atoms with Crippen LogP contribution in [0.1, 0.15) is 142 Å². The van der Waals surface area contributed by atoms with Crippen LogP contribution in [0.4, 0.5) is 0 Å². The van der Waals surface area contributed by atoms with Gasteiger partial charge in [0.25, 0.3) is 0 Å². The summed E-state index contributed by atoms with van der Waals surface area (Å²) in [6.07, 6.45) is 8.78. The molecule has 19 heteroatoms. The molecule has 0 bridgehead atoms. The fourth-order valence-corrected chi connectivity index (χ4v) is 8.60. The fourth-order valence-electron chi connectivity index (χ4n) is 8.60. The van der Waals surface area contributed by atoms with E-state index in [0.717, 1.165) is 25.7 Å². The summed E-state index contributed by atoms with van der Waals surface area (Å²) in [4.78, 5) is 12.4. The van der Waals surface area contributed by atoms with Crippen molar-refractivity contribution < 1.29 is 89.4 Å². The summed E-state index contributed by atoms with van der Waals surface area (Å²) in [5.41, 5.74) is 0. The van der Waals surface area contributed by atoms with Gasteiger partial charge in [0.05, 0.1) is 38.6 Å². The molecule has 3 rings (SSSR count). The Bertz CT molecular complexity index is 1420. The highest BCUT2D eigenvalue weighted by atomic mass is 16.8. The summed E-state index contributed by atoms with van der Waals surface area (Å²) < 4.78 is 33.7. The minimum atomic E-state index is -1.98. The van der Waals surface area contributed by atoms with Gasteiger partial charge in [-0.05, 0) is 38.5 Å². The molecule has 0 aromatic carbocycles. The van der Waals surface area contributed by atoms with Gasteiger partial charge in [-0.25, -0.2) is 0 Å². The van der Waals surface area contributed by atoms with E-state index in [1.165, 1.54) is 96.0 Å². The van der Waals surface area contributed by atoms with E-state index in [9.17, 15) is 61.0 Å². The second-order valence-corrected chi connectivity index (χ2v) is 18.6. The van der Waals surface area contributed by atoms with Crippen LogP contribution in [0.5, 0.6) is 0 Å². The van der Waals surface area contributed by atoms with Crippen LogP contribution in [0.2, 0.25) is 0 Å². The van der Waals surface area contributed by atoms with Gasteiger partial charge in [-0.3, -0.25) is 4.79 Å².